The van der Waals surface area contributed by atoms with Crippen LogP contribution in [0.25, 0.3) is 11.0 Å². The lowest BCUT2D eigenvalue weighted by Crippen LogP contribution is -2.32. The molecule has 1 aliphatic rings. The Morgan fingerprint density at radius 3 is 2.56 bits per heavy atom. The normalized spacial score (nSPS) is 16.3. The molecule has 32 heavy (non-hydrogen) atoms. The standard InChI is InChI=1S/C24H22ClNO6/c1-3-4-9-26-20(13-5-7-16(27)8-6-13)19(22(29)24(26)30)21(28)17-11-14-10-15(25)12-18(31-2)23(14)32-17/h5-8,10-12,20,27,29H,3-4,9H2,1-2H3. The molecular formula is C24H22ClNO6. The Kier molecular flexibility index (Phi) is 5.84. The van der Waals surface area contributed by atoms with Crippen LogP contribution in [0.1, 0.15) is 41.9 Å². The van der Waals surface area contributed by atoms with Crippen LogP contribution in [0, 0.1) is 0 Å². The molecule has 0 saturated heterocycles. The van der Waals surface area contributed by atoms with Crippen LogP contribution >= 0.6 is 11.6 Å². The van der Waals surface area contributed by atoms with Gasteiger partial charge in [0.2, 0.25) is 5.78 Å². The number of benzene rings is 2. The predicted octanol–water partition coefficient (Wildman–Crippen LogP) is 5.18. The van der Waals surface area contributed by atoms with Crippen molar-refractivity contribution in [1.29, 1.82) is 0 Å². The van der Waals surface area contributed by atoms with Crippen LogP contribution in [0.2, 0.25) is 5.02 Å². The summed E-state index contributed by atoms with van der Waals surface area (Å²) in [7, 11) is 1.46. The minimum absolute atomic E-state index is 0.0453. The van der Waals surface area contributed by atoms with Crippen molar-refractivity contribution >= 4 is 34.3 Å². The summed E-state index contributed by atoms with van der Waals surface area (Å²) < 4.78 is 11.1. The van der Waals surface area contributed by atoms with Gasteiger partial charge in [-0.15, -0.1) is 0 Å². The van der Waals surface area contributed by atoms with Crippen LogP contribution in [-0.4, -0.2) is 40.5 Å². The first-order valence-corrected chi connectivity index (χ1v) is 10.6. The minimum atomic E-state index is -0.805. The van der Waals surface area contributed by atoms with Crippen LogP contribution in [0.3, 0.4) is 0 Å². The maximum absolute atomic E-state index is 13.5. The smallest absolute Gasteiger partial charge is 0.290 e. The third-order valence-electron chi connectivity index (χ3n) is 5.50. The number of fused-ring (bicyclic) bond motifs is 1. The average Bonchev–Trinajstić information content (AvgIpc) is 3.31. The number of hydrogen-bond donors (Lipinski definition) is 2. The zero-order valence-corrected chi connectivity index (χ0v) is 18.3. The number of Topliss-reactive ketones (excluding diaryl/α,β-unsaturated/α-hetero) is 1. The van der Waals surface area contributed by atoms with Crippen LogP contribution in [0.4, 0.5) is 0 Å². The number of nitrogens with zero attached hydrogens (tertiary/aromatic N) is 1. The topological polar surface area (TPSA) is 100 Å². The van der Waals surface area contributed by atoms with Crippen molar-refractivity contribution in [1.82, 2.24) is 4.90 Å². The number of methoxy groups -OCH3 is 1. The van der Waals surface area contributed by atoms with Gasteiger partial charge in [0.25, 0.3) is 5.91 Å². The van der Waals surface area contributed by atoms with Gasteiger partial charge in [0.15, 0.2) is 22.9 Å². The Morgan fingerprint density at radius 2 is 1.91 bits per heavy atom. The average molecular weight is 456 g/mol. The van der Waals surface area contributed by atoms with Crippen LogP contribution < -0.4 is 4.74 Å². The van der Waals surface area contributed by atoms with Crippen LogP contribution in [-0.2, 0) is 4.79 Å². The second-order valence-corrected chi connectivity index (χ2v) is 8.01. The summed E-state index contributed by atoms with van der Waals surface area (Å²) in [6.07, 6.45) is 1.54. The fourth-order valence-electron chi connectivity index (χ4n) is 3.93. The summed E-state index contributed by atoms with van der Waals surface area (Å²) >= 11 is 6.12. The van der Waals surface area contributed by atoms with E-state index < -0.39 is 23.5 Å². The Bertz CT molecular complexity index is 1230. The van der Waals surface area contributed by atoms with Crippen molar-refractivity contribution in [2.45, 2.75) is 25.8 Å². The van der Waals surface area contributed by atoms with Gasteiger partial charge < -0.3 is 24.3 Å². The highest BCUT2D eigenvalue weighted by molar-refractivity contribution is 6.31. The van der Waals surface area contributed by atoms with E-state index in [1.807, 2.05) is 6.92 Å². The Labute approximate surface area is 189 Å². The fraction of sp³-hybridized carbons (Fsp3) is 0.250. The third-order valence-corrected chi connectivity index (χ3v) is 5.72. The molecule has 166 valence electrons. The molecule has 8 heteroatoms. The lowest BCUT2D eigenvalue weighted by Gasteiger charge is -2.26. The molecule has 1 aliphatic heterocycles. The molecule has 1 aromatic heterocycles. The first kappa shape index (κ1) is 21.8. The number of phenolic OH excluding ortho intramolecular Hbond substituents is 1. The summed E-state index contributed by atoms with van der Waals surface area (Å²) in [4.78, 5) is 27.9. The molecule has 7 nitrogen and oxygen atoms in total. The van der Waals surface area contributed by atoms with Gasteiger partial charge >= 0.3 is 0 Å². The minimum Gasteiger partial charge on any atom is -0.508 e. The van der Waals surface area contributed by atoms with Crippen molar-refractivity contribution in [2.75, 3.05) is 13.7 Å². The molecule has 3 aromatic rings. The summed E-state index contributed by atoms with van der Waals surface area (Å²) in [5, 5.41) is 21.3. The number of halogens is 1. The van der Waals surface area contributed by atoms with Gasteiger partial charge in [-0.3, -0.25) is 9.59 Å². The summed E-state index contributed by atoms with van der Waals surface area (Å²) in [5.74, 6) is -1.45. The number of ketones is 1. The molecule has 0 saturated carbocycles. The molecule has 0 spiro atoms. The van der Waals surface area contributed by atoms with E-state index in [0.717, 1.165) is 6.42 Å². The molecule has 2 N–H and O–H groups in total. The Hall–Kier alpha value is -3.45. The van der Waals surface area contributed by atoms with Gasteiger partial charge in [-0.05, 0) is 36.2 Å². The number of carbonyl (C=O) groups excluding carboxylic acids is 2. The highest BCUT2D eigenvalue weighted by Crippen LogP contribution is 2.41. The number of unbranched alkanes of at least 4 members (excludes halogenated alkanes) is 1. The molecule has 2 heterocycles. The molecule has 0 bridgehead atoms. The number of amides is 1. The van der Waals surface area contributed by atoms with E-state index in [0.29, 0.717) is 40.3 Å². The molecule has 4 rings (SSSR count). The van der Waals surface area contributed by atoms with Crippen LogP contribution in [0.5, 0.6) is 11.5 Å². The number of furan rings is 1. The first-order valence-electron chi connectivity index (χ1n) is 10.2. The second kappa shape index (κ2) is 8.59. The van der Waals surface area contributed by atoms with Gasteiger partial charge in [0, 0.05) is 23.0 Å². The highest BCUT2D eigenvalue weighted by Gasteiger charge is 2.44. The van der Waals surface area contributed by atoms with E-state index in [-0.39, 0.29) is 17.1 Å². The molecule has 2 aromatic carbocycles. The van der Waals surface area contributed by atoms with E-state index in [1.54, 1.807) is 24.3 Å². The van der Waals surface area contributed by atoms with Gasteiger partial charge in [0.05, 0.1) is 18.7 Å². The maximum atomic E-state index is 13.5. The number of carbonyl (C=O) groups is 2. The van der Waals surface area contributed by atoms with E-state index >= 15 is 0 Å². The molecule has 1 unspecified atom stereocenters. The highest BCUT2D eigenvalue weighted by atomic mass is 35.5. The first-order chi connectivity index (χ1) is 15.3. The lowest BCUT2D eigenvalue weighted by molar-refractivity contribution is -0.129. The third kappa shape index (κ3) is 3.69. The van der Waals surface area contributed by atoms with Gasteiger partial charge in [-0.25, -0.2) is 0 Å². The van der Waals surface area contributed by atoms with E-state index in [9.17, 15) is 19.8 Å². The van der Waals surface area contributed by atoms with Gasteiger partial charge in [0.1, 0.15) is 5.75 Å². The Balaban J connectivity index is 1.82. The zero-order valence-electron chi connectivity index (χ0n) is 17.6. The fourth-order valence-corrected chi connectivity index (χ4v) is 4.15. The van der Waals surface area contributed by atoms with E-state index in [2.05, 4.69) is 0 Å². The summed E-state index contributed by atoms with van der Waals surface area (Å²) in [6, 6.07) is 10.1. The second-order valence-electron chi connectivity index (χ2n) is 7.57. The number of ether oxygens (including phenoxy) is 1. The number of aliphatic hydroxyl groups is 1. The molecule has 1 amide bonds. The molecule has 1 atom stereocenters. The quantitative estimate of drug-likeness (QED) is 0.476. The van der Waals surface area contributed by atoms with Crippen LogP contribution in [0.15, 0.2) is 58.2 Å². The lowest BCUT2D eigenvalue weighted by atomic mass is 9.95. The largest absolute Gasteiger partial charge is 0.508 e. The maximum Gasteiger partial charge on any atom is 0.290 e. The van der Waals surface area contributed by atoms with E-state index in [1.165, 1.54) is 30.2 Å². The SMILES string of the molecule is CCCCN1C(=O)C(O)=C(C(=O)c2cc3cc(Cl)cc(OC)c3o2)C1c1ccc(O)cc1. The number of aromatic hydroxyl groups is 1. The monoisotopic (exact) mass is 455 g/mol. The summed E-state index contributed by atoms with van der Waals surface area (Å²) in [6.45, 7) is 2.35. The molecular weight excluding hydrogens is 434 g/mol. The molecule has 0 fully saturated rings. The number of aliphatic hydroxyl groups excluding tert-OH is 1. The van der Waals surface area contributed by atoms with Crippen molar-refractivity contribution in [3.8, 4) is 11.5 Å². The van der Waals surface area contributed by atoms with Crippen molar-refractivity contribution < 1.29 is 29.0 Å². The van der Waals surface area contributed by atoms with Gasteiger partial charge in [-0.2, -0.15) is 0 Å². The van der Waals surface area contributed by atoms with Crippen molar-refractivity contribution in [3.05, 3.63) is 70.1 Å². The Morgan fingerprint density at radius 1 is 1.19 bits per heavy atom. The summed E-state index contributed by atoms with van der Waals surface area (Å²) in [5.41, 5.74) is 0.867. The zero-order chi connectivity index (χ0) is 23.0. The predicted molar refractivity (Wildman–Crippen MR) is 119 cm³/mol. The van der Waals surface area contributed by atoms with Crippen molar-refractivity contribution in [2.24, 2.45) is 0 Å². The van der Waals surface area contributed by atoms with Crippen molar-refractivity contribution in [3.63, 3.8) is 0 Å². The van der Waals surface area contributed by atoms with Gasteiger partial charge in [-0.1, -0.05) is 37.1 Å². The molecule has 0 radical (unpaired) electrons. The number of rotatable bonds is 7. The number of phenols is 1. The van der Waals surface area contributed by atoms with E-state index in [4.69, 9.17) is 20.8 Å². The molecule has 0 aliphatic carbocycles. The number of hydrogen-bond acceptors (Lipinski definition) is 6.